The topological polar surface area (TPSA) is 64.7 Å². The summed E-state index contributed by atoms with van der Waals surface area (Å²) in [4.78, 5) is 19.7. The van der Waals surface area contributed by atoms with E-state index >= 15 is 0 Å². The van der Waals surface area contributed by atoms with E-state index in [1.54, 1.807) is 36.7 Å². The summed E-state index contributed by atoms with van der Waals surface area (Å²) in [5.74, 6) is 0.314. The smallest absolute Gasteiger partial charge is 0.363 e. The molecule has 0 spiro atoms. The van der Waals surface area contributed by atoms with Gasteiger partial charge in [-0.25, -0.2) is 9.79 Å². The Kier molecular flexibility index (Phi) is 2.49. The molecule has 0 atom stereocenters. The molecule has 18 heavy (non-hydrogen) atoms. The van der Waals surface area contributed by atoms with E-state index in [9.17, 15) is 4.79 Å². The Morgan fingerprint density at radius 1 is 1.22 bits per heavy atom. The Balaban J connectivity index is 1.95. The van der Waals surface area contributed by atoms with Crippen molar-refractivity contribution in [3.05, 3.63) is 59.9 Å². The second-order valence-electron chi connectivity index (χ2n) is 3.59. The van der Waals surface area contributed by atoms with Crippen LogP contribution in [0.5, 0.6) is 0 Å². The van der Waals surface area contributed by atoms with Crippen molar-refractivity contribution in [2.75, 3.05) is 0 Å². The number of ether oxygens (including phenoxy) is 1. The molecule has 3 heterocycles. The van der Waals surface area contributed by atoms with Gasteiger partial charge in [0, 0.05) is 18.5 Å². The Morgan fingerprint density at radius 2 is 2.17 bits per heavy atom. The summed E-state index contributed by atoms with van der Waals surface area (Å²) in [7, 11) is 0. The van der Waals surface area contributed by atoms with E-state index in [1.807, 2.05) is 0 Å². The highest BCUT2D eigenvalue weighted by molar-refractivity contribution is 6.12. The Morgan fingerprint density at radius 3 is 2.89 bits per heavy atom. The Bertz CT molecular complexity index is 628. The van der Waals surface area contributed by atoms with Crippen molar-refractivity contribution < 1.29 is 13.9 Å². The van der Waals surface area contributed by atoms with Crippen molar-refractivity contribution in [1.82, 2.24) is 4.98 Å². The standard InChI is InChI=1S/C13H8N2O3/c16-13-11(7-10-4-2-6-17-10)15-12(18-13)9-3-1-5-14-8-9/h1-8H/b11-7+. The molecular formula is C13H8N2O3. The molecular weight excluding hydrogens is 232 g/mol. The van der Waals surface area contributed by atoms with Gasteiger partial charge in [0.1, 0.15) is 5.76 Å². The van der Waals surface area contributed by atoms with Crippen molar-refractivity contribution >= 4 is 17.9 Å². The first-order valence-corrected chi connectivity index (χ1v) is 5.29. The molecule has 0 bridgehead atoms. The first kappa shape index (κ1) is 10.5. The number of esters is 1. The van der Waals surface area contributed by atoms with Crippen molar-refractivity contribution in [3.8, 4) is 0 Å². The molecule has 2 aromatic heterocycles. The second-order valence-corrected chi connectivity index (χ2v) is 3.59. The van der Waals surface area contributed by atoms with E-state index in [1.165, 1.54) is 12.3 Å². The minimum Gasteiger partial charge on any atom is -0.465 e. The van der Waals surface area contributed by atoms with Crippen molar-refractivity contribution in [2.45, 2.75) is 0 Å². The third-order valence-electron chi connectivity index (χ3n) is 2.35. The van der Waals surface area contributed by atoms with Crippen LogP contribution in [0.2, 0.25) is 0 Å². The Labute approximate surface area is 102 Å². The van der Waals surface area contributed by atoms with Crippen molar-refractivity contribution in [3.63, 3.8) is 0 Å². The third-order valence-corrected chi connectivity index (χ3v) is 2.35. The van der Waals surface area contributed by atoms with Crippen molar-refractivity contribution in [2.24, 2.45) is 4.99 Å². The largest absolute Gasteiger partial charge is 0.465 e. The summed E-state index contributed by atoms with van der Waals surface area (Å²) in [5, 5.41) is 0. The van der Waals surface area contributed by atoms with Gasteiger partial charge in [-0.05, 0) is 24.3 Å². The molecule has 1 aliphatic rings. The fourth-order valence-corrected chi connectivity index (χ4v) is 1.53. The molecule has 0 N–H and O–H groups in total. The fraction of sp³-hybridized carbons (Fsp3) is 0. The van der Waals surface area contributed by atoms with Gasteiger partial charge in [-0.15, -0.1) is 0 Å². The highest BCUT2D eigenvalue weighted by Gasteiger charge is 2.24. The highest BCUT2D eigenvalue weighted by atomic mass is 16.6. The number of hydrogen-bond acceptors (Lipinski definition) is 5. The quantitative estimate of drug-likeness (QED) is 0.595. The van der Waals surface area contributed by atoms with Crippen LogP contribution in [-0.2, 0) is 9.53 Å². The molecule has 1 aliphatic heterocycles. The maximum Gasteiger partial charge on any atom is 0.363 e. The number of hydrogen-bond donors (Lipinski definition) is 0. The third kappa shape index (κ3) is 1.93. The lowest BCUT2D eigenvalue weighted by molar-refractivity contribution is -0.129. The van der Waals surface area contributed by atoms with Crippen LogP contribution in [0.15, 0.2) is 58.0 Å². The van der Waals surface area contributed by atoms with Crippen LogP contribution in [0.1, 0.15) is 11.3 Å². The number of carbonyl (C=O) groups is 1. The molecule has 3 rings (SSSR count). The average molecular weight is 240 g/mol. The zero-order chi connectivity index (χ0) is 12.4. The number of carbonyl (C=O) groups excluding carboxylic acids is 1. The van der Waals surface area contributed by atoms with E-state index in [0.717, 1.165) is 0 Å². The van der Waals surface area contributed by atoms with Crippen LogP contribution in [0, 0.1) is 0 Å². The molecule has 2 aromatic rings. The summed E-state index contributed by atoms with van der Waals surface area (Å²) >= 11 is 0. The van der Waals surface area contributed by atoms with Crippen LogP contribution < -0.4 is 0 Å². The number of aromatic nitrogens is 1. The number of furan rings is 1. The number of pyridine rings is 1. The summed E-state index contributed by atoms with van der Waals surface area (Å²) in [5.41, 5.74) is 0.873. The predicted octanol–water partition coefficient (Wildman–Crippen LogP) is 2.02. The van der Waals surface area contributed by atoms with Gasteiger partial charge < -0.3 is 9.15 Å². The molecule has 0 aromatic carbocycles. The van der Waals surface area contributed by atoms with E-state index in [4.69, 9.17) is 9.15 Å². The summed E-state index contributed by atoms with van der Waals surface area (Å²) in [6.45, 7) is 0. The lowest BCUT2D eigenvalue weighted by Crippen LogP contribution is -2.05. The van der Waals surface area contributed by atoms with E-state index in [-0.39, 0.29) is 11.6 Å². The maximum atomic E-state index is 11.6. The molecule has 0 aliphatic carbocycles. The number of aliphatic imine (C=N–C) groups is 1. The van der Waals surface area contributed by atoms with Crippen LogP contribution in [0.25, 0.3) is 6.08 Å². The van der Waals surface area contributed by atoms with Crippen LogP contribution >= 0.6 is 0 Å². The van der Waals surface area contributed by atoms with Gasteiger partial charge in [0.25, 0.3) is 0 Å². The molecule has 0 unspecified atom stereocenters. The Hall–Kier alpha value is -2.69. The molecule has 0 fully saturated rings. The number of nitrogens with zero attached hydrogens (tertiary/aromatic N) is 2. The lowest BCUT2D eigenvalue weighted by atomic mass is 10.3. The highest BCUT2D eigenvalue weighted by Crippen LogP contribution is 2.18. The molecule has 5 heteroatoms. The van der Waals surface area contributed by atoms with Crippen LogP contribution in [-0.4, -0.2) is 16.9 Å². The fourth-order valence-electron chi connectivity index (χ4n) is 1.53. The SMILES string of the molecule is O=C1OC(c2cccnc2)=N/C1=C/c1ccco1. The van der Waals surface area contributed by atoms with E-state index in [0.29, 0.717) is 11.3 Å². The van der Waals surface area contributed by atoms with Gasteiger partial charge in [-0.2, -0.15) is 0 Å². The number of cyclic esters (lactones) is 1. The van der Waals surface area contributed by atoms with Gasteiger partial charge >= 0.3 is 5.97 Å². The van der Waals surface area contributed by atoms with Gasteiger partial charge in [0.15, 0.2) is 5.70 Å². The predicted molar refractivity (Wildman–Crippen MR) is 63.6 cm³/mol. The van der Waals surface area contributed by atoms with Gasteiger partial charge in [-0.3, -0.25) is 4.98 Å². The van der Waals surface area contributed by atoms with Gasteiger partial charge in [0.05, 0.1) is 11.8 Å². The van der Waals surface area contributed by atoms with Crippen LogP contribution in [0.3, 0.4) is 0 Å². The zero-order valence-electron chi connectivity index (χ0n) is 9.24. The first-order chi connectivity index (χ1) is 8.83. The van der Waals surface area contributed by atoms with E-state index < -0.39 is 5.97 Å². The van der Waals surface area contributed by atoms with Gasteiger partial charge in [0.2, 0.25) is 5.90 Å². The summed E-state index contributed by atoms with van der Waals surface area (Å²) in [6, 6.07) is 6.99. The molecule has 0 amide bonds. The molecule has 88 valence electrons. The van der Waals surface area contributed by atoms with Crippen molar-refractivity contribution in [1.29, 1.82) is 0 Å². The molecule has 5 nitrogen and oxygen atoms in total. The van der Waals surface area contributed by atoms with Gasteiger partial charge in [-0.1, -0.05) is 0 Å². The average Bonchev–Trinajstić information content (AvgIpc) is 3.02. The molecule has 0 saturated carbocycles. The number of rotatable bonds is 2. The zero-order valence-corrected chi connectivity index (χ0v) is 9.24. The summed E-state index contributed by atoms with van der Waals surface area (Å²) < 4.78 is 10.2. The maximum absolute atomic E-state index is 11.6. The molecule has 0 saturated heterocycles. The minimum absolute atomic E-state index is 0.212. The van der Waals surface area contributed by atoms with Crippen LogP contribution in [0.4, 0.5) is 0 Å². The normalized spacial score (nSPS) is 16.8. The first-order valence-electron chi connectivity index (χ1n) is 5.29. The minimum atomic E-state index is -0.495. The monoisotopic (exact) mass is 240 g/mol. The summed E-state index contributed by atoms with van der Waals surface area (Å²) in [6.07, 6.45) is 6.28. The lowest BCUT2D eigenvalue weighted by Gasteiger charge is -1.96. The second kappa shape index (κ2) is 4.29. The molecule has 0 radical (unpaired) electrons. The van der Waals surface area contributed by atoms with E-state index in [2.05, 4.69) is 9.98 Å².